The van der Waals surface area contributed by atoms with Crippen molar-refractivity contribution in [3.05, 3.63) is 74.1 Å². The second kappa shape index (κ2) is 7.58. The van der Waals surface area contributed by atoms with Crippen LogP contribution < -0.4 is 0 Å². The molecule has 0 radical (unpaired) electrons. The van der Waals surface area contributed by atoms with E-state index in [0.29, 0.717) is 32.9 Å². The SMILES string of the molecule is O=C1S/C(=C\c2ccc(C(F)(F)F)cc2)C(=O)N1Cc1c(Cl)cccc1Cl. The molecule has 27 heavy (non-hydrogen) atoms. The first-order chi connectivity index (χ1) is 12.7. The van der Waals surface area contributed by atoms with Crippen molar-refractivity contribution in [2.24, 2.45) is 0 Å². The summed E-state index contributed by atoms with van der Waals surface area (Å²) in [7, 11) is 0. The van der Waals surface area contributed by atoms with Gasteiger partial charge in [-0.1, -0.05) is 41.4 Å². The molecule has 140 valence electrons. The minimum atomic E-state index is -4.44. The largest absolute Gasteiger partial charge is 0.416 e. The quantitative estimate of drug-likeness (QED) is 0.539. The highest BCUT2D eigenvalue weighted by atomic mass is 35.5. The molecule has 0 N–H and O–H groups in total. The Hall–Kier alpha value is -1.96. The van der Waals surface area contributed by atoms with Crippen LogP contribution in [0.15, 0.2) is 47.4 Å². The normalized spacial score (nSPS) is 16.5. The number of imide groups is 1. The van der Waals surface area contributed by atoms with Crippen LogP contribution in [0.4, 0.5) is 18.0 Å². The van der Waals surface area contributed by atoms with Crippen molar-refractivity contribution in [1.29, 1.82) is 0 Å². The number of hydrogen-bond donors (Lipinski definition) is 0. The van der Waals surface area contributed by atoms with E-state index in [1.807, 2.05) is 0 Å². The van der Waals surface area contributed by atoms with Crippen molar-refractivity contribution in [2.75, 3.05) is 0 Å². The number of carbonyl (C=O) groups excluding carboxylic acids is 2. The Labute approximate surface area is 166 Å². The lowest BCUT2D eigenvalue weighted by atomic mass is 10.1. The van der Waals surface area contributed by atoms with Gasteiger partial charge in [-0.3, -0.25) is 14.5 Å². The summed E-state index contributed by atoms with van der Waals surface area (Å²) in [5, 5.41) is 0.149. The van der Waals surface area contributed by atoms with E-state index < -0.39 is 22.9 Å². The van der Waals surface area contributed by atoms with Crippen molar-refractivity contribution < 1.29 is 22.8 Å². The van der Waals surface area contributed by atoms with E-state index in [0.717, 1.165) is 17.0 Å². The first kappa shape index (κ1) is 19.8. The van der Waals surface area contributed by atoms with Crippen LogP contribution in [-0.4, -0.2) is 16.0 Å². The predicted octanol–water partition coefficient (Wildman–Crippen LogP) is 6.25. The van der Waals surface area contributed by atoms with Crippen molar-refractivity contribution in [3.8, 4) is 0 Å². The number of rotatable bonds is 3. The van der Waals surface area contributed by atoms with Gasteiger partial charge in [0.1, 0.15) is 0 Å². The summed E-state index contributed by atoms with van der Waals surface area (Å²) in [5.74, 6) is -0.555. The van der Waals surface area contributed by atoms with E-state index in [2.05, 4.69) is 0 Å². The van der Waals surface area contributed by atoms with Gasteiger partial charge in [-0.15, -0.1) is 0 Å². The van der Waals surface area contributed by atoms with Crippen LogP contribution in [0.25, 0.3) is 6.08 Å². The number of carbonyl (C=O) groups is 2. The Kier molecular flexibility index (Phi) is 5.55. The van der Waals surface area contributed by atoms with Crippen LogP contribution in [0, 0.1) is 0 Å². The molecule has 0 bridgehead atoms. The molecule has 2 aromatic rings. The summed E-state index contributed by atoms with van der Waals surface area (Å²) < 4.78 is 37.8. The molecule has 0 atom stereocenters. The summed E-state index contributed by atoms with van der Waals surface area (Å²) in [4.78, 5) is 25.8. The lowest BCUT2D eigenvalue weighted by Crippen LogP contribution is -2.27. The molecule has 2 aromatic carbocycles. The first-order valence-electron chi connectivity index (χ1n) is 7.52. The third-order valence-corrected chi connectivity index (χ3v) is 5.40. The van der Waals surface area contributed by atoms with Crippen molar-refractivity contribution in [2.45, 2.75) is 12.7 Å². The molecule has 1 aliphatic rings. The Morgan fingerprint density at radius 2 is 1.59 bits per heavy atom. The van der Waals surface area contributed by atoms with Crippen molar-refractivity contribution in [1.82, 2.24) is 4.90 Å². The molecule has 1 aliphatic heterocycles. The third-order valence-electron chi connectivity index (χ3n) is 3.79. The summed E-state index contributed by atoms with van der Waals surface area (Å²) >= 11 is 12.9. The molecule has 1 fully saturated rings. The summed E-state index contributed by atoms with van der Waals surface area (Å²) in [6.45, 7) is -0.0898. The van der Waals surface area contributed by atoms with Gasteiger partial charge >= 0.3 is 6.18 Å². The Bertz CT molecular complexity index is 922. The second-order valence-corrected chi connectivity index (χ2v) is 7.40. The molecule has 3 rings (SSSR count). The van der Waals surface area contributed by atoms with Gasteiger partial charge in [0.15, 0.2) is 0 Å². The maximum atomic E-state index is 12.6. The fourth-order valence-electron chi connectivity index (χ4n) is 2.40. The van der Waals surface area contributed by atoms with Gasteiger partial charge in [0.05, 0.1) is 17.0 Å². The van der Waals surface area contributed by atoms with Crippen molar-refractivity contribution in [3.63, 3.8) is 0 Å². The second-order valence-electron chi connectivity index (χ2n) is 5.59. The maximum absolute atomic E-state index is 12.6. The van der Waals surface area contributed by atoms with Crippen LogP contribution in [-0.2, 0) is 17.5 Å². The zero-order valence-electron chi connectivity index (χ0n) is 13.4. The van der Waals surface area contributed by atoms with Crippen LogP contribution in [0.5, 0.6) is 0 Å². The van der Waals surface area contributed by atoms with Gasteiger partial charge in [-0.25, -0.2) is 0 Å². The molecule has 0 unspecified atom stereocenters. The van der Waals surface area contributed by atoms with E-state index in [1.165, 1.54) is 18.2 Å². The van der Waals surface area contributed by atoms with Crippen LogP contribution in [0.1, 0.15) is 16.7 Å². The van der Waals surface area contributed by atoms with Gasteiger partial charge in [-0.2, -0.15) is 13.2 Å². The Morgan fingerprint density at radius 3 is 2.15 bits per heavy atom. The standard InChI is InChI=1S/C18H10Cl2F3NO2S/c19-13-2-1-3-14(20)12(13)9-24-16(25)15(27-17(24)26)8-10-4-6-11(7-5-10)18(21,22)23/h1-8H,9H2/b15-8-. The molecule has 1 heterocycles. The highest BCUT2D eigenvalue weighted by Gasteiger charge is 2.36. The molecule has 0 spiro atoms. The molecule has 0 saturated carbocycles. The summed E-state index contributed by atoms with van der Waals surface area (Å²) in [5.41, 5.74) is 0.0318. The fourth-order valence-corrected chi connectivity index (χ4v) is 3.75. The molecule has 1 saturated heterocycles. The number of nitrogens with zero attached hydrogens (tertiary/aromatic N) is 1. The number of alkyl halides is 3. The summed E-state index contributed by atoms with van der Waals surface area (Å²) in [6.07, 6.45) is -3.07. The highest BCUT2D eigenvalue weighted by Crippen LogP contribution is 2.36. The predicted molar refractivity (Wildman–Crippen MR) is 99.4 cm³/mol. The highest BCUT2D eigenvalue weighted by molar-refractivity contribution is 8.18. The van der Waals surface area contributed by atoms with E-state index >= 15 is 0 Å². The molecule has 2 amide bonds. The topological polar surface area (TPSA) is 37.4 Å². The number of hydrogen-bond acceptors (Lipinski definition) is 3. The third kappa shape index (κ3) is 4.31. The number of halogens is 5. The lowest BCUT2D eigenvalue weighted by Gasteiger charge is -2.14. The van der Waals surface area contributed by atoms with Crippen LogP contribution in [0.3, 0.4) is 0 Å². The fraction of sp³-hybridized carbons (Fsp3) is 0.111. The first-order valence-corrected chi connectivity index (χ1v) is 9.09. The zero-order valence-corrected chi connectivity index (χ0v) is 15.7. The van der Waals surface area contributed by atoms with Gasteiger partial charge in [0.2, 0.25) is 0 Å². The number of benzene rings is 2. The minimum Gasteiger partial charge on any atom is -0.268 e. The zero-order chi connectivity index (χ0) is 19.8. The van der Waals surface area contributed by atoms with E-state index in [-0.39, 0.29) is 11.4 Å². The van der Waals surface area contributed by atoms with Gasteiger partial charge in [0, 0.05) is 15.6 Å². The molecule has 9 heteroatoms. The smallest absolute Gasteiger partial charge is 0.268 e. The average molecular weight is 432 g/mol. The van der Waals surface area contributed by atoms with Gasteiger partial charge < -0.3 is 0 Å². The monoisotopic (exact) mass is 431 g/mol. The Balaban J connectivity index is 1.82. The lowest BCUT2D eigenvalue weighted by molar-refractivity contribution is -0.137. The maximum Gasteiger partial charge on any atom is 0.416 e. The van der Waals surface area contributed by atoms with E-state index in [1.54, 1.807) is 18.2 Å². The Morgan fingerprint density at radius 1 is 1.00 bits per heavy atom. The van der Waals surface area contributed by atoms with Gasteiger partial charge in [0.25, 0.3) is 11.1 Å². The van der Waals surface area contributed by atoms with E-state index in [9.17, 15) is 22.8 Å². The number of amides is 2. The minimum absolute atomic E-state index is 0.0898. The van der Waals surface area contributed by atoms with Crippen LogP contribution in [0.2, 0.25) is 10.0 Å². The van der Waals surface area contributed by atoms with Gasteiger partial charge in [-0.05, 0) is 47.7 Å². The van der Waals surface area contributed by atoms with Crippen molar-refractivity contribution >= 4 is 52.2 Å². The van der Waals surface area contributed by atoms with Crippen LogP contribution >= 0.6 is 35.0 Å². The molecule has 0 aliphatic carbocycles. The summed E-state index contributed by atoms with van der Waals surface area (Å²) in [6, 6.07) is 9.15. The number of thioether (sulfide) groups is 1. The van der Waals surface area contributed by atoms with E-state index in [4.69, 9.17) is 23.2 Å². The molecular weight excluding hydrogens is 422 g/mol. The average Bonchev–Trinajstić information content (AvgIpc) is 2.85. The molecular formula is C18H10Cl2F3NO2S. The molecule has 0 aromatic heterocycles. The molecule has 3 nitrogen and oxygen atoms in total.